The third-order valence-electron chi connectivity index (χ3n) is 4.67. The van der Waals surface area contributed by atoms with E-state index in [9.17, 15) is 4.79 Å². The number of halogens is 1. The predicted octanol–water partition coefficient (Wildman–Crippen LogP) is 4.77. The van der Waals surface area contributed by atoms with E-state index in [-0.39, 0.29) is 11.7 Å². The number of hydrazone groups is 1. The SMILES string of the molecule is C/C(=N\NC(=O)CSc1nc2ccccc2n1Cc1ccccc1Cl)c1cccnc1. The second-order valence-electron chi connectivity index (χ2n) is 6.82. The summed E-state index contributed by atoms with van der Waals surface area (Å²) in [5, 5.41) is 5.63. The van der Waals surface area contributed by atoms with Crippen molar-refractivity contribution in [2.45, 2.75) is 18.6 Å². The molecule has 0 saturated heterocycles. The topological polar surface area (TPSA) is 72.2 Å². The van der Waals surface area contributed by atoms with E-state index in [1.807, 2.05) is 67.6 Å². The van der Waals surface area contributed by atoms with Gasteiger partial charge >= 0.3 is 0 Å². The molecule has 0 spiro atoms. The second kappa shape index (κ2) is 9.76. The molecule has 2 heterocycles. The molecule has 0 fully saturated rings. The minimum Gasteiger partial charge on any atom is -0.314 e. The number of benzene rings is 2. The minimum absolute atomic E-state index is 0.190. The van der Waals surface area contributed by atoms with Crippen LogP contribution in [0, 0.1) is 0 Å². The van der Waals surface area contributed by atoms with Crippen LogP contribution in [0.3, 0.4) is 0 Å². The summed E-state index contributed by atoms with van der Waals surface area (Å²) < 4.78 is 2.08. The Kier molecular flexibility index (Phi) is 6.64. The van der Waals surface area contributed by atoms with Gasteiger partial charge in [0, 0.05) is 23.0 Å². The lowest BCUT2D eigenvalue weighted by Gasteiger charge is -2.10. The molecule has 4 rings (SSSR count). The molecule has 1 amide bonds. The van der Waals surface area contributed by atoms with Crippen LogP contribution in [0.1, 0.15) is 18.1 Å². The van der Waals surface area contributed by atoms with Gasteiger partial charge in [0.15, 0.2) is 5.16 Å². The van der Waals surface area contributed by atoms with Gasteiger partial charge in [-0.15, -0.1) is 0 Å². The van der Waals surface area contributed by atoms with Gasteiger partial charge in [-0.1, -0.05) is 59.8 Å². The third-order valence-corrected chi connectivity index (χ3v) is 6.01. The van der Waals surface area contributed by atoms with Crippen molar-refractivity contribution in [2.75, 3.05) is 5.75 Å². The van der Waals surface area contributed by atoms with E-state index in [0.717, 1.165) is 27.3 Å². The van der Waals surface area contributed by atoms with Gasteiger partial charge in [0.05, 0.1) is 29.0 Å². The van der Waals surface area contributed by atoms with E-state index in [1.165, 1.54) is 11.8 Å². The maximum absolute atomic E-state index is 12.4. The molecular formula is C23H20ClN5OS. The number of carbonyl (C=O) groups is 1. The van der Waals surface area contributed by atoms with Crippen LogP contribution >= 0.6 is 23.4 Å². The van der Waals surface area contributed by atoms with E-state index >= 15 is 0 Å². The summed E-state index contributed by atoms with van der Waals surface area (Å²) in [5.74, 6) is -0.0139. The summed E-state index contributed by atoms with van der Waals surface area (Å²) in [4.78, 5) is 21.2. The Morgan fingerprint density at radius 1 is 1.13 bits per heavy atom. The number of imidazole rings is 1. The van der Waals surface area contributed by atoms with Gasteiger partial charge in [0.2, 0.25) is 0 Å². The van der Waals surface area contributed by atoms with Crippen LogP contribution in [0.4, 0.5) is 0 Å². The molecule has 6 nitrogen and oxygen atoms in total. The third kappa shape index (κ3) is 5.13. The van der Waals surface area contributed by atoms with Gasteiger partial charge in [0.25, 0.3) is 5.91 Å². The molecule has 0 aliphatic heterocycles. The Bertz CT molecular complexity index is 1240. The summed E-state index contributed by atoms with van der Waals surface area (Å²) in [6, 6.07) is 19.4. The fourth-order valence-corrected chi connectivity index (χ4v) is 4.07. The smallest absolute Gasteiger partial charge is 0.250 e. The molecule has 0 aliphatic carbocycles. The fraction of sp³-hybridized carbons (Fsp3) is 0.130. The van der Waals surface area contributed by atoms with Gasteiger partial charge in [-0.3, -0.25) is 9.78 Å². The predicted molar refractivity (Wildman–Crippen MR) is 126 cm³/mol. The first-order chi connectivity index (χ1) is 15.1. The van der Waals surface area contributed by atoms with Gasteiger partial charge in [-0.25, -0.2) is 10.4 Å². The van der Waals surface area contributed by atoms with Crippen LogP contribution in [-0.2, 0) is 11.3 Å². The first-order valence-corrected chi connectivity index (χ1v) is 11.0. The van der Waals surface area contributed by atoms with Gasteiger partial charge < -0.3 is 4.57 Å². The number of rotatable bonds is 7. The summed E-state index contributed by atoms with van der Waals surface area (Å²) >= 11 is 7.74. The van der Waals surface area contributed by atoms with E-state index < -0.39 is 0 Å². The Morgan fingerprint density at radius 3 is 2.74 bits per heavy atom. The van der Waals surface area contributed by atoms with Crippen molar-refractivity contribution in [2.24, 2.45) is 5.10 Å². The van der Waals surface area contributed by atoms with E-state index in [2.05, 4.69) is 20.1 Å². The van der Waals surface area contributed by atoms with E-state index in [4.69, 9.17) is 16.6 Å². The molecule has 0 saturated carbocycles. The number of hydrogen-bond acceptors (Lipinski definition) is 5. The number of carbonyl (C=O) groups excluding carboxylic acids is 1. The number of thioether (sulfide) groups is 1. The van der Waals surface area contributed by atoms with Crippen LogP contribution in [0.25, 0.3) is 11.0 Å². The van der Waals surface area contributed by atoms with Gasteiger partial charge in [-0.2, -0.15) is 5.10 Å². The van der Waals surface area contributed by atoms with Crippen molar-refractivity contribution in [3.8, 4) is 0 Å². The van der Waals surface area contributed by atoms with Crippen molar-refractivity contribution in [1.82, 2.24) is 20.0 Å². The largest absolute Gasteiger partial charge is 0.314 e. The number of nitrogens with one attached hydrogen (secondary N) is 1. The second-order valence-corrected chi connectivity index (χ2v) is 8.17. The Morgan fingerprint density at radius 2 is 1.94 bits per heavy atom. The van der Waals surface area contributed by atoms with Crippen LogP contribution in [0.5, 0.6) is 0 Å². The minimum atomic E-state index is -0.204. The zero-order valence-corrected chi connectivity index (χ0v) is 18.4. The molecule has 2 aromatic carbocycles. The number of pyridine rings is 1. The first-order valence-electron chi connectivity index (χ1n) is 9.67. The lowest BCUT2D eigenvalue weighted by Crippen LogP contribution is -2.21. The average Bonchev–Trinajstić information content (AvgIpc) is 3.15. The standard InChI is InChI=1S/C23H20ClN5OS/c1-16(17-8-6-12-25-13-17)27-28-22(30)15-31-23-26-20-10-4-5-11-21(20)29(23)14-18-7-2-3-9-19(18)24/h2-13H,14-15H2,1H3,(H,28,30)/b27-16+. The van der Waals surface area contributed by atoms with Crippen LogP contribution in [0.2, 0.25) is 5.02 Å². The average molecular weight is 450 g/mol. The van der Waals surface area contributed by atoms with Crippen LogP contribution < -0.4 is 5.43 Å². The zero-order chi connectivity index (χ0) is 21.6. The molecule has 8 heteroatoms. The van der Waals surface area contributed by atoms with Crippen LogP contribution in [0.15, 0.2) is 83.3 Å². The molecule has 0 aliphatic rings. The highest BCUT2D eigenvalue weighted by Crippen LogP contribution is 2.27. The van der Waals surface area contributed by atoms with Gasteiger partial charge in [0.1, 0.15) is 0 Å². The number of aromatic nitrogens is 3. The normalized spacial score (nSPS) is 11.6. The molecule has 156 valence electrons. The van der Waals surface area contributed by atoms with Crippen molar-refractivity contribution in [1.29, 1.82) is 0 Å². The molecule has 2 aromatic heterocycles. The van der Waals surface area contributed by atoms with Gasteiger partial charge in [-0.05, 0) is 36.8 Å². The van der Waals surface area contributed by atoms with E-state index in [1.54, 1.807) is 12.4 Å². The Balaban J connectivity index is 1.49. The molecule has 1 N–H and O–H groups in total. The quantitative estimate of drug-likeness (QED) is 0.251. The number of para-hydroxylation sites is 2. The maximum Gasteiger partial charge on any atom is 0.250 e. The highest BCUT2D eigenvalue weighted by molar-refractivity contribution is 7.99. The summed E-state index contributed by atoms with van der Waals surface area (Å²) in [6.07, 6.45) is 3.40. The van der Waals surface area contributed by atoms with Crippen molar-refractivity contribution < 1.29 is 4.79 Å². The zero-order valence-electron chi connectivity index (χ0n) is 16.8. The lowest BCUT2D eigenvalue weighted by atomic mass is 10.2. The summed E-state index contributed by atoms with van der Waals surface area (Å²) in [5.41, 5.74) is 7.03. The number of fused-ring (bicyclic) bond motifs is 1. The number of hydrogen-bond donors (Lipinski definition) is 1. The molecule has 4 aromatic rings. The van der Waals surface area contributed by atoms with Crippen molar-refractivity contribution in [3.63, 3.8) is 0 Å². The Hall–Kier alpha value is -3.16. The highest BCUT2D eigenvalue weighted by Gasteiger charge is 2.14. The molecule has 0 bridgehead atoms. The number of amides is 1. The summed E-state index contributed by atoms with van der Waals surface area (Å²) in [7, 11) is 0. The Labute approximate surface area is 189 Å². The maximum atomic E-state index is 12.4. The molecule has 0 unspecified atom stereocenters. The molecule has 31 heavy (non-hydrogen) atoms. The molecule has 0 atom stereocenters. The van der Waals surface area contributed by atoms with Crippen molar-refractivity contribution in [3.05, 3.63) is 89.2 Å². The monoisotopic (exact) mass is 449 g/mol. The first kappa shape index (κ1) is 21.1. The van der Waals surface area contributed by atoms with Crippen molar-refractivity contribution >= 4 is 46.0 Å². The highest BCUT2D eigenvalue weighted by atomic mass is 35.5. The van der Waals surface area contributed by atoms with E-state index in [0.29, 0.717) is 17.3 Å². The molecule has 0 radical (unpaired) electrons. The van der Waals surface area contributed by atoms with Crippen LogP contribution in [-0.4, -0.2) is 31.9 Å². The fourth-order valence-electron chi connectivity index (χ4n) is 3.06. The summed E-state index contributed by atoms with van der Waals surface area (Å²) in [6.45, 7) is 2.40. The lowest BCUT2D eigenvalue weighted by molar-refractivity contribution is -0.118. The number of nitrogens with zero attached hydrogens (tertiary/aromatic N) is 4. The molecular weight excluding hydrogens is 430 g/mol.